The summed E-state index contributed by atoms with van der Waals surface area (Å²) in [6.07, 6.45) is 8.25. The molecule has 2 heteroatoms. The van der Waals surface area contributed by atoms with Crippen LogP contribution in [0.3, 0.4) is 0 Å². The quantitative estimate of drug-likeness (QED) is 0.424. The van der Waals surface area contributed by atoms with Gasteiger partial charge in [-0.2, -0.15) is 24.4 Å². The maximum Gasteiger partial charge on any atom is -0.00646 e. The van der Waals surface area contributed by atoms with Crippen LogP contribution in [0.2, 0.25) is 0 Å². The van der Waals surface area contributed by atoms with Crippen LogP contribution in [0.4, 0.5) is 0 Å². The Labute approximate surface area is 100 Å². The van der Waals surface area contributed by atoms with E-state index in [-0.39, 0.29) is 0 Å². The highest BCUT2D eigenvalue weighted by Crippen LogP contribution is 2.15. The fraction of sp³-hybridized carbons (Fsp3) is 1.00. The molecule has 0 aliphatic rings. The summed E-state index contributed by atoms with van der Waals surface area (Å²) in [6, 6.07) is 0. The van der Waals surface area contributed by atoms with Crippen molar-refractivity contribution in [3.05, 3.63) is 0 Å². The Hall–Kier alpha value is 0.700. The number of thiol groups is 1. The third kappa shape index (κ3) is 9.26. The standard InChI is InChI=1S/C12H26S2/c1-3-5-6-7-9-14-10-8-12(4-2)11-13/h12-13H,3-11H2,1-2H3/t12-/m0/s1. The summed E-state index contributed by atoms with van der Waals surface area (Å²) in [5, 5.41) is 0. The molecule has 0 heterocycles. The molecule has 0 aromatic heterocycles. The number of unbranched alkanes of at least 4 members (excludes halogenated alkanes) is 3. The van der Waals surface area contributed by atoms with E-state index < -0.39 is 0 Å². The van der Waals surface area contributed by atoms with E-state index in [9.17, 15) is 0 Å². The van der Waals surface area contributed by atoms with E-state index in [4.69, 9.17) is 0 Å². The molecule has 0 radical (unpaired) electrons. The zero-order valence-corrected chi connectivity index (χ0v) is 11.5. The normalized spacial score (nSPS) is 13.1. The van der Waals surface area contributed by atoms with Crippen molar-refractivity contribution in [3.63, 3.8) is 0 Å². The van der Waals surface area contributed by atoms with Crippen LogP contribution in [0, 0.1) is 5.92 Å². The van der Waals surface area contributed by atoms with Crippen molar-refractivity contribution >= 4 is 24.4 Å². The van der Waals surface area contributed by atoms with Crippen LogP contribution in [0.5, 0.6) is 0 Å². The van der Waals surface area contributed by atoms with Gasteiger partial charge >= 0.3 is 0 Å². The van der Waals surface area contributed by atoms with Gasteiger partial charge in [0.2, 0.25) is 0 Å². The molecule has 14 heavy (non-hydrogen) atoms. The molecule has 0 nitrogen and oxygen atoms in total. The van der Waals surface area contributed by atoms with Crippen molar-refractivity contribution in [2.24, 2.45) is 5.92 Å². The van der Waals surface area contributed by atoms with E-state index in [2.05, 4.69) is 38.2 Å². The van der Waals surface area contributed by atoms with Gasteiger partial charge in [0.05, 0.1) is 0 Å². The van der Waals surface area contributed by atoms with Crippen LogP contribution in [-0.4, -0.2) is 17.3 Å². The van der Waals surface area contributed by atoms with Crippen molar-refractivity contribution in [1.29, 1.82) is 0 Å². The Morgan fingerprint density at radius 2 is 1.86 bits per heavy atom. The number of rotatable bonds is 10. The number of hydrogen-bond donors (Lipinski definition) is 1. The zero-order chi connectivity index (χ0) is 10.6. The second-order valence-electron chi connectivity index (χ2n) is 3.92. The van der Waals surface area contributed by atoms with Gasteiger partial charge in [-0.1, -0.05) is 39.5 Å². The second-order valence-corrected chi connectivity index (χ2v) is 5.51. The Balaban J connectivity index is 3.04. The summed E-state index contributed by atoms with van der Waals surface area (Å²) < 4.78 is 0. The molecule has 0 unspecified atom stereocenters. The Morgan fingerprint density at radius 1 is 1.07 bits per heavy atom. The lowest BCUT2D eigenvalue weighted by Gasteiger charge is -2.10. The molecule has 0 amide bonds. The average molecular weight is 234 g/mol. The van der Waals surface area contributed by atoms with E-state index in [0.717, 1.165) is 11.7 Å². The van der Waals surface area contributed by atoms with Gasteiger partial charge in [0.25, 0.3) is 0 Å². The molecule has 1 atom stereocenters. The van der Waals surface area contributed by atoms with E-state index in [1.54, 1.807) is 0 Å². The van der Waals surface area contributed by atoms with Crippen LogP contribution < -0.4 is 0 Å². The van der Waals surface area contributed by atoms with Crippen LogP contribution >= 0.6 is 24.4 Å². The highest BCUT2D eigenvalue weighted by molar-refractivity contribution is 7.99. The maximum atomic E-state index is 4.36. The molecule has 0 fully saturated rings. The maximum absolute atomic E-state index is 4.36. The minimum Gasteiger partial charge on any atom is -0.179 e. The molecule has 0 saturated carbocycles. The lowest BCUT2D eigenvalue weighted by atomic mass is 10.1. The average Bonchev–Trinajstić information content (AvgIpc) is 2.22. The van der Waals surface area contributed by atoms with E-state index in [0.29, 0.717) is 0 Å². The zero-order valence-electron chi connectivity index (χ0n) is 9.80. The SMILES string of the molecule is CCCCCCSCC[C@H](CC)CS. The topological polar surface area (TPSA) is 0 Å². The molecule has 0 rings (SSSR count). The van der Waals surface area contributed by atoms with Crippen LogP contribution in [-0.2, 0) is 0 Å². The van der Waals surface area contributed by atoms with Gasteiger partial charge in [-0.05, 0) is 36.0 Å². The van der Waals surface area contributed by atoms with Gasteiger partial charge in [0, 0.05) is 0 Å². The van der Waals surface area contributed by atoms with Crippen molar-refractivity contribution in [1.82, 2.24) is 0 Å². The molecule has 0 spiro atoms. The molecule has 86 valence electrons. The van der Waals surface area contributed by atoms with Gasteiger partial charge < -0.3 is 0 Å². The highest BCUT2D eigenvalue weighted by atomic mass is 32.2. The van der Waals surface area contributed by atoms with E-state index >= 15 is 0 Å². The summed E-state index contributed by atoms with van der Waals surface area (Å²) in [5.41, 5.74) is 0. The highest BCUT2D eigenvalue weighted by Gasteiger charge is 2.02. The molecule has 0 saturated heterocycles. The van der Waals surface area contributed by atoms with Gasteiger partial charge in [-0.15, -0.1) is 0 Å². The van der Waals surface area contributed by atoms with Gasteiger partial charge in [-0.25, -0.2) is 0 Å². The third-order valence-corrected chi connectivity index (χ3v) is 4.27. The van der Waals surface area contributed by atoms with E-state index in [1.165, 1.54) is 50.0 Å². The summed E-state index contributed by atoms with van der Waals surface area (Å²) in [4.78, 5) is 0. The minimum atomic E-state index is 0.849. The predicted octanol–water partition coefficient (Wildman–Crippen LogP) is 4.65. The Morgan fingerprint density at radius 3 is 2.43 bits per heavy atom. The summed E-state index contributed by atoms with van der Waals surface area (Å²) >= 11 is 6.49. The first-order valence-corrected chi connectivity index (χ1v) is 7.82. The molecule has 0 bridgehead atoms. The molecular formula is C12H26S2. The number of thioether (sulfide) groups is 1. The first kappa shape index (κ1) is 14.7. The Kier molecular flexibility index (Phi) is 12.4. The predicted molar refractivity (Wildman–Crippen MR) is 73.7 cm³/mol. The molecule has 0 aromatic carbocycles. The Bertz CT molecular complexity index is 100. The lowest BCUT2D eigenvalue weighted by molar-refractivity contribution is 0.559. The first-order valence-electron chi connectivity index (χ1n) is 6.03. The van der Waals surface area contributed by atoms with Crippen LogP contribution in [0.1, 0.15) is 52.4 Å². The smallest absolute Gasteiger partial charge is 0.00646 e. The summed E-state index contributed by atoms with van der Waals surface area (Å²) in [6.45, 7) is 4.54. The van der Waals surface area contributed by atoms with Crippen molar-refractivity contribution in [3.8, 4) is 0 Å². The molecular weight excluding hydrogens is 208 g/mol. The number of hydrogen-bond acceptors (Lipinski definition) is 2. The van der Waals surface area contributed by atoms with Gasteiger partial charge in [0.1, 0.15) is 0 Å². The second kappa shape index (κ2) is 11.8. The fourth-order valence-corrected chi connectivity index (χ4v) is 2.96. The largest absolute Gasteiger partial charge is 0.179 e. The van der Waals surface area contributed by atoms with Crippen LogP contribution in [0.25, 0.3) is 0 Å². The third-order valence-electron chi connectivity index (χ3n) is 2.65. The van der Waals surface area contributed by atoms with Gasteiger partial charge in [0.15, 0.2) is 0 Å². The van der Waals surface area contributed by atoms with Crippen molar-refractivity contribution < 1.29 is 0 Å². The van der Waals surface area contributed by atoms with E-state index in [1.807, 2.05) is 0 Å². The van der Waals surface area contributed by atoms with Crippen molar-refractivity contribution in [2.75, 3.05) is 17.3 Å². The molecule has 0 aliphatic heterocycles. The lowest BCUT2D eigenvalue weighted by Crippen LogP contribution is -2.02. The monoisotopic (exact) mass is 234 g/mol. The molecule has 0 N–H and O–H groups in total. The summed E-state index contributed by atoms with van der Waals surface area (Å²) in [5.74, 6) is 4.61. The molecule has 0 aromatic rings. The fourth-order valence-electron chi connectivity index (χ4n) is 1.41. The van der Waals surface area contributed by atoms with Gasteiger partial charge in [-0.3, -0.25) is 0 Å². The first-order chi connectivity index (χ1) is 6.85. The molecule has 0 aliphatic carbocycles. The van der Waals surface area contributed by atoms with Crippen molar-refractivity contribution in [2.45, 2.75) is 52.4 Å². The minimum absolute atomic E-state index is 0.849. The summed E-state index contributed by atoms with van der Waals surface area (Å²) in [7, 11) is 0. The van der Waals surface area contributed by atoms with Crippen LogP contribution in [0.15, 0.2) is 0 Å².